The number of anilines is 1. The number of H-pyrrole nitrogens is 1. The summed E-state index contributed by atoms with van der Waals surface area (Å²) in [6, 6.07) is 2.00. The average molecular weight is 279 g/mol. The van der Waals surface area contributed by atoms with Crippen LogP contribution >= 0.6 is 11.8 Å². The summed E-state index contributed by atoms with van der Waals surface area (Å²) in [5, 5.41) is 7.39. The van der Waals surface area contributed by atoms with Gasteiger partial charge in [0.25, 0.3) is 0 Å². The topological polar surface area (TPSA) is 66.1 Å². The molecule has 0 bridgehead atoms. The quantitative estimate of drug-likeness (QED) is 0.914. The van der Waals surface area contributed by atoms with Crippen LogP contribution in [0.15, 0.2) is 6.07 Å². The average Bonchev–Trinajstić information content (AvgIpc) is 2.98. The molecule has 1 saturated carbocycles. The number of nitrogens with one attached hydrogen (secondary N) is 1. The molecule has 1 unspecified atom stereocenters. The Morgan fingerprint density at radius 3 is 3.05 bits per heavy atom. The van der Waals surface area contributed by atoms with E-state index < -0.39 is 0 Å². The van der Waals surface area contributed by atoms with E-state index in [0.29, 0.717) is 18.9 Å². The number of thioether (sulfide) groups is 1. The lowest BCUT2D eigenvalue weighted by molar-refractivity contribution is -0.117. The predicted octanol–water partition coefficient (Wildman–Crippen LogP) is 1.92. The molecule has 1 amide bonds. The fourth-order valence-corrected chi connectivity index (χ4v) is 3.11. The third-order valence-corrected chi connectivity index (χ3v) is 4.65. The van der Waals surface area contributed by atoms with Gasteiger partial charge in [-0.3, -0.25) is 19.6 Å². The van der Waals surface area contributed by atoms with Crippen molar-refractivity contribution in [3.8, 4) is 0 Å². The summed E-state index contributed by atoms with van der Waals surface area (Å²) in [7, 11) is 0. The molecule has 0 aromatic carbocycles. The second kappa shape index (κ2) is 5.00. The molecule has 0 radical (unpaired) electrons. The van der Waals surface area contributed by atoms with E-state index >= 15 is 0 Å². The molecule has 1 aromatic rings. The smallest absolute Gasteiger partial charge is 0.228 e. The number of carbonyl (C=O) groups excluding carboxylic acids is 2. The van der Waals surface area contributed by atoms with Gasteiger partial charge in [-0.05, 0) is 18.8 Å². The maximum absolute atomic E-state index is 12.0. The van der Waals surface area contributed by atoms with Gasteiger partial charge >= 0.3 is 0 Å². The van der Waals surface area contributed by atoms with E-state index in [1.807, 2.05) is 6.07 Å². The van der Waals surface area contributed by atoms with Crippen molar-refractivity contribution < 1.29 is 9.59 Å². The minimum atomic E-state index is 0.113. The summed E-state index contributed by atoms with van der Waals surface area (Å²) in [6.45, 7) is 2.24. The first-order valence-corrected chi connectivity index (χ1v) is 7.61. The molecule has 2 heterocycles. The first kappa shape index (κ1) is 12.7. The highest BCUT2D eigenvalue weighted by Gasteiger charge is 2.33. The standard InChI is InChI=1S/C13H17N3O2S/c1-8(17)19-7-9-4-13(18)16(6-9)12-5-11(14-15-12)10-2-3-10/h5,9-10H,2-4,6-7H2,1H3,(H,14,15). The number of carbonyl (C=O) groups is 2. The van der Waals surface area contributed by atoms with Gasteiger partial charge in [0.05, 0.1) is 0 Å². The van der Waals surface area contributed by atoms with Gasteiger partial charge in [0.15, 0.2) is 10.9 Å². The fourth-order valence-electron chi connectivity index (χ4n) is 2.42. The van der Waals surface area contributed by atoms with Gasteiger partial charge in [0.2, 0.25) is 5.91 Å². The molecular formula is C13H17N3O2S. The summed E-state index contributed by atoms with van der Waals surface area (Å²) < 4.78 is 0. The molecule has 1 N–H and O–H groups in total. The Labute approximate surface area is 116 Å². The Hall–Kier alpha value is -1.30. The predicted molar refractivity (Wildman–Crippen MR) is 74.2 cm³/mol. The maximum Gasteiger partial charge on any atom is 0.228 e. The molecular weight excluding hydrogens is 262 g/mol. The lowest BCUT2D eigenvalue weighted by Gasteiger charge is -2.12. The van der Waals surface area contributed by atoms with Crippen molar-refractivity contribution >= 4 is 28.6 Å². The zero-order valence-corrected chi connectivity index (χ0v) is 11.7. The molecule has 1 aliphatic carbocycles. The Kier molecular flexibility index (Phi) is 3.35. The van der Waals surface area contributed by atoms with Crippen LogP contribution in [0.5, 0.6) is 0 Å². The van der Waals surface area contributed by atoms with Gasteiger partial charge in [-0.1, -0.05) is 11.8 Å². The molecule has 5 nitrogen and oxygen atoms in total. The van der Waals surface area contributed by atoms with Crippen LogP contribution in [0.1, 0.15) is 37.8 Å². The third-order valence-electron chi connectivity index (χ3n) is 3.61. The zero-order valence-electron chi connectivity index (χ0n) is 10.9. The van der Waals surface area contributed by atoms with Crippen LogP contribution in [0.25, 0.3) is 0 Å². The molecule has 1 saturated heterocycles. The first-order valence-electron chi connectivity index (χ1n) is 6.62. The van der Waals surface area contributed by atoms with Crippen molar-refractivity contribution in [1.29, 1.82) is 0 Å². The lowest BCUT2D eigenvalue weighted by atomic mass is 10.1. The molecule has 19 heavy (non-hydrogen) atoms. The van der Waals surface area contributed by atoms with E-state index in [2.05, 4.69) is 10.2 Å². The number of amides is 1. The fraction of sp³-hybridized carbons (Fsp3) is 0.615. The van der Waals surface area contributed by atoms with Crippen LogP contribution in [0.3, 0.4) is 0 Å². The lowest BCUT2D eigenvalue weighted by Crippen LogP contribution is -2.25. The molecule has 3 rings (SSSR count). The van der Waals surface area contributed by atoms with Crippen LogP contribution in [-0.4, -0.2) is 33.5 Å². The third kappa shape index (κ3) is 2.83. The number of aromatic nitrogens is 2. The van der Waals surface area contributed by atoms with E-state index in [9.17, 15) is 9.59 Å². The van der Waals surface area contributed by atoms with Crippen molar-refractivity contribution in [3.63, 3.8) is 0 Å². The SMILES string of the molecule is CC(=O)SCC1CC(=O)N(c2cc(C3CC3)[nH]n2)C1. The minimum Gasteiger partial charge on any atom is -0.295 e. The second-order valence-electron chi connectivity index (χ2n) is 5.33. The molecule has 0 spiro atoms. The minimum absolute atomic E-state index is 0.113. The molecule has 1 atom stereocenters. The van der Waals surface area contributed by atoms with Gasteiger partial charge in [-0.25, -0.2) is 0 Å². The number of nitrogens with zero attached hydrogens (tertiary/aromatic N) is 2. The normalized spacial score (nSPS) is 23.1. The Balaban J connectivity index is 1.63. The van der Waals surface area contributed by atoms with Crippen molar-refractivity contribution in [1.82, 2.24) is 10.2 Å². The monoisotopic (exact) mass is 279 g/mol. The highest BCUT2D eigenvalue weighted by atomic mass is 32.2. The first-order chi connectivity index (χ1) is 9.13. The summed E-state index contributed by atoms with van der Waals surface area (Å²) in [6.07, 6.45) is 2.95. The number of hydrogen-bond acceptors (Lipinski definition) is 4. The van der Waals surface area contributed by atoms with E-state index in [-0.39, 0.29) is 16.9 Å². The molecule has 2 aliphatic rings. The van der Waals surface area contributed by atoms with Crippen LogP contribution in [0.4, 0.5) is 5.82 Å². The molecule has 1 aliphatic heterocycles. The van der Waals surface area contributed by atoms with Gasteiger partial charge in [-0.15, -0.1) is 0 Å². The van der Waals surface area contributed by atoms with Crippen molar-refractivity contribution in [3.05, 3.63) is 11.8 Å². The van der Waals surface area contributed by atoms with Crippen LogP contribution in [-0.2, 0) is 9.59 Å². The molecule has 1 aromatic heterocycles. The Morgan fingerprint density at radius 2 is 2.37 bits per heavy atom. The van der Waals surface area contributed by atoms with Gasteiger partial charge < -0.3 is 0 Å². The largest absolute Gasteiger partial charge is 0.295 e. The number of hydrogen-bond donors (Lipinski definition) is 1. The Bertz CT molecular complexity index is 510. The molecule has 102 valence electrons. The van der Waals surface area contributed by atoms with Crippen LogP contribution in [0.2, 0.25) is 0 Å². The van der Waals surface area contributed by atoms with Gasteiger partial charge in [0, 0.05) is 43.3 Å². The summed E-state index contributed by atoms with van der Waals surface area (Å²) in [5.74, 6) is 2.44. The maximum atomic E-state index is 12.0. The second-order valence-corrected chi connectivity index (χ2v) is 6.53. The van der Waals surface area contributed by atoms with E-state index in [1.165, 1.54) is 24.6 Å². The summed E-state index contributed by atoms with van der Waals surface area (Å²) >= 11 is 1.30. The molecule has 6 heteroatoms. The van der Waals surface area contributed by atoms with Crippen molar-refractivity contribution in [2.24, 2.45) is 5.92 Å². The number of rotatable bonds is 4. The van der Waals surface area contributed by atoms with Gasteiger partial charge in [-0.2, -0.15) is 5.10 Å². The highest BCUT2D eigenvalue weighted by molar-refractivity contribution is 8.13. The zero-order chi connectivity index (χ0) is 13.4. The summed E-state index contributed by atoms with van der Waals surface area (Å²) in [4.78, 5) is 24.7. The van der Waals surface area contributed by atoms with E-state index in [4.69, 9.17) is 0 Å². The number of aromatic amines is 1. The van der Waals surface area contributed by atoms with E-state index in [0.717, 1.165) is 17.3 Å². The van der Waals surface area contributed by atoms with Gasteiger partial charge in [0.1, 0.15) is 0 Å². The molecule has 2 fully saturated rings. The van der Waals surface area contributed by atoms with Crippen molar-refractivity contribution in [2.75, 3.05) is 17.2 Å². The van der Waals surface area contributed by atoms with E-state index in [1.54, 1.807) is 11.8 Å². The van der Waals surface area contributed by atoms with Crippen LogP contribution in [0, 0.1) is 5.92 Å². The van der Waals surface area contributed by atoms with Crippen LogP contribution < -0.4 is 4.90 Å². The summed E-state index contributed by atoms with van der Waals surface area (Å²) in [5.41, 5.74) is 1.14. The van der Waals surface area contributed by atoms with Crippen molar-refractivity contribution in [2.45, 2.75) is 32.1 Å². The highest BCUT2D eigenvalue weighted by Crippen LogP contribution is 2.40. The Morgan fingerprint density at radius 1 is 1.58 bits per heavy atom.